The highest BCUT2D eigenvalue weighted by atomic mass is 35.5. The Labute approximate surface area is 170 Å². The van der Waals surface area contributed by atoms with Gasteiger partial charge in [-0.3, -0.25) is 4.72 Å². The van der Waals surface area contributed by atoms with Crippen LogP contribution in [0.4, 0.5) is 5.69 Å². The summed E-state index contributed by atoms with van der Waals surface area (Å²) in [5.74, 6) is -0.527. The van der Waals surface area contributed by atoms with Gasteiger partial charge in [0.15, 0.2) is 0 Å². The number of benzene rings is 3. The first-order valence-corrected chi connectivity index (χ1v) is 10.7. The zero-order valence-electron chi connectivity index (χ0n) is 15.3. The normalized spacial score (nSPS) is 12.2. The van der Waals surface area contributed by atoms with Crippen molar-refractivity contribution in [3.8, 4) is 6.07 Å². The van der Waals surface area contributed by atoms with Crippen molar-refractivity contribution in [1.82, 2.24) is 0 Å². The molecule has 0 aliphatic carbocycles. The summed E-state index contributed by atoms with van der Waals surface area (Å²) in [6.45, 7) is 2.01. The van der Waals surface area contributed by atoms with Crippen LogP contribution in [0.15, 0.2) is 77.7 Å². The molecule has 0 saturated heterocycles. The minimum absolute atomic E-state index is 0.184. The van der Waals surface area contributed by atoms with E-state index in [1.165, 1.54) is 6.07 Å². The molecule has 142 valence electrons. The van der Waals surface area contributed by atoms with Crippen molar-refractivity contribution in [3.05, 3.63) is 94.5 Å². The fraction of sp³-hybridized carbons (Fsp3) is 0.136. The second-order valence-electron chi connectivity index (χ2n) is 6.31. The van der Waals surface area contributed by atoms with Crippen molar-refractivity contribution in [2.75, 3.05) is 4.72 Å². The van der Waals surface area contributed by atoms with Crippen LogP contribution >= 0.6 is 11.6 Å². The fourth-order valence-corrected chi connectivity index (χ4v) is 4.25. The highest BCUT2D eigenvalue weighted by Crippen LogP contribution is 2.32. The van der Waals surface area contributed by atoms with Crippen LogP contribution in [0.5, 0.6) is 0 Å². The third kappa shape index (κ3) is 4.36. The van der Waals surface area contributed by atoms with Crippen LogP contribution in [0.25, 0.3) is 0 Å². The first kappa shape index (κ1) is 19.9. The molecule has 1 atom stereocenters. The van der Waals surface area contributed by atoms with Gasteiger partial charge in [-0.15, -0.1) is 0 Å². The van der Waals surface area contributed by atoms with E-state index in [1.54, 1.807) is 36.4 Å². The summed E-state index contributed by atoms with van der Waals surface area (Å²) in [5.41, 5.74) is 2.87. The van der Waals surface area contributed by atoms with Gasteiger partial charge in [0.1, 0.15) is 0 Å². The SMILES string of the molecule is CCc1ccc(S(=O)(=O)Nc2ccc(C(C#N)c3ccccc3)c(Cl)c2)cc1. The number of hydrogen-bond acceptors (Lipinski definition) is 3. The smallest absolute Gasteiger partial charge is 0.261 e. The molecule has 0 amide bonds. The third-order valence-electron chi connectivity index (χ3n) is 4.47. The summed E-state index contributed by atoms with van der Waals surface area (Å²) in [4.78, 5) is 0.184. The van der Waals surface area contributed by atoms with Gasteiger partial charge < -0.3 is 0 Å². The van der Waals surface area contributed by atoms with E-state index < -0.39 is 15.9 Å². The maximum atomic E-state index is 12.6. The Morgan fingerprint density at radius 2 is 1.71 bits per heavy atom. The molecular weight excluding hydrogens is 392 g/mol. The predicted octanol–water partition coefficient (Wildman–Crippen LogP) is 5.36. The number of halogens is 1. The summed E-state index contributed by atoms with van der Waals surface area (Å²) in [6, 6.07) is 23.2. The second-order valence-corrected chi connectivity index (χ2v) is 8.40. The van der Waals surface area contributed by atoms with Crippen LogP contribution in [-0.2, 0) is 16.4 Å². The zero-order valence-corrected chi connectivity index (χ0v) is 16.8. The Hall–Kier alpha value is -2.81. The van der Waals surface area contributed by atoms with E-state index in [2.05, 4.69) is 10.8 Å². The molecule has 1 N–H and O–H groups in total. The summed E-state index contributed by atoms with van der Waals surface area (Å²) in [5, 5.41) is 9.91. The van der Waals surface area contributed by atoms with Crippen molar-refractivity contribution < 1.29 is 8.42 Å². The van der Waals surface area contributed by atoms with Gasteiger partial charge in [0, 0.05) is 5.02 Å². The third-order valence-corrected chi connectivity index (χ3v) is 6.19. The second kappa shape index (κ2) is 8.47. The van der Waals surface area contributed by atoms with E-state index in [1.807, 2.05) is 37.3 Å². The molecule has 0 heterocycles. The van der Waals surface area contributed by atoms with Gasteiger partial charge in [0.05, 0.1) is 22.6 Å². The summed E-state index contributed by atoms with van der Waals surface area (Å²) in [6.07, 6.45) is 0.840. The number of anilines is 1. The lowest BCUT2D eigenvalue weighted by Crippen LogP contribution is -2.13. The first-order chi connectivity index (χ1) is 13.4. The van der Waals surface area contributed by atoms with E-state index in [0.29, 0.717) is 16.3 Å². The van der Waals surface area contributed by atoms with Crippen molar-refractivity contribution in [1.29, 1.82) is 5.26 Å². The minimum Gasteiger partial charge on any atom is -0.280 e. The van der Waals surface area contributed by atoms with E-state index in [9.17, 15) is 13.7 Å². The van der Waals surface area contributed by atoms with Gasteiger partial charge in [-0.2, -0.15) is 5.26 Å². The summed E-state index contributed by atoms with van der Waals surface area (Å²) in [7, 11) is -3.72. The van der Waals surface area contributed by atoms with Crippen molar-refractivity contribution in [2.45, 2.75) is 24.2 Å². The molecule has 0 aromatic heterocycles. The Balaban J connectivity index is 1.86. The minimum atomic E-state index is -3.72. The Morgan fingerprint density at radius 3 is 2.29 bits per heavy atom. The molecule has 0 aliphatic heterocycles. The molecule has 4 nitrogen and oxygen atoms in total. The Morgan fingerprint density at radius 1 is 1.04 bits per heavy atom. The lowest BCUT2D eigenvalue weighted by molar-refractivity contribution is 0.601. The van der Waals surface area contributed by atoms with Crippen molar-refractivity contribution in [3.63, 3.8) is 0 Å². The molecule has 28 heavy (non-hydrogen) atoms. The molecule has 6 heteroatoms. The summed E-state index contributed by atoms with van der Waals surface area (Å²) >= 11 is 6.38. The molecule has 1 unspecified atom stereocenters. The first-order valence-electron chi connectivity index (χ1n) is 8.80. The molecule has 0 fully saturated rings. The van der Waals surface area contributed by atoms with E-state index >= 15 is 0 Å². The van der Waals surface area contributed by atoms with Gasteiger partial charge in [-0.1, -0.05) is 67.1 Å². The van der Waals surface area contributed by atoms with Gasteiger partial charge in [-0.25, -0.2) is 8.42 Å². The van der Waals surface area contributed by atoms with Crippen molar-refractivity contribution >= 4 is 27.3 Å². The maximum absolute atomic E-state index is 12.6. The van der Waals surface area contributed by atoms with Gasteiger partial charge in [0.25, 0.3) is 10.0 Å². The van der Waals surface area contributed by atoms with Crippen LogP contribution in [0.3, 0.4) is 0 Å². The number of nitrogens with zero attached hydrogens (tertiary/aromatic N) is 1. The largest absolute Gasteiger partial charge is 0.280 e. The number of aryl methyl sites for hydroxylation is 1. The molecule has 0 aliphatic rings. The van der Waals surface area contributed by atoms with E-state index in [0.717, 1.165) is 17.5 Å². The number of sulfonamides is 1. The fourth-order valence-electron chi connectivity index (χ4n) is 2.91. The van der Waals surface area contributed by atoms with Gasteiger partial charge in [-0.05, 0) is 47.4 Å². The highest BCUT2D eigenvalue weighted by molar-refractivity contribution is 7.92. The molecule has 3 aromatic carbocycles. The molecule has 0 spiro atoms. The van der Waals surface area contributed by atoms with Crippen molar-refractivity contribution in [2.24, 2.45) is 0 Å². The van der Waals surface area contributed by atoms with Crippen LogP contribution in [0.2, 0.25) is 5.02 Å². The predicted molar refractivity (Wildman–Crippen MR) is 112 cm³/mol. The van der Waals surface area contributed by atoms with E-state index in [4.69, 9.17) is 11.6 Å². The quantitative estimate of drug-likeness (QED) is 0.594. The Kier molecular flexibility index (Phi) is 6.03. The number of nitriles is 1. The average molecular weight is 411 g/mol. The standard InChI is InChI=1S/C22H19ClN2O2S/c1-2-16-8-11-19(12-9-16)28(26,27)25-18-10-13-20(22(23)14-18)21(15-24)17-6-4-3-5-7-17/h3-14,21,25H,2H2,1H3. The van der Waals surface area contributed by atoms with Crippen LogP contribution in [0.1, 0.15) is 29.5 Å². The van der Waals surface area contributed by atoms with E-state index in [-0.39, 0.29) is 4.90 Å². The monoisotopic (exact) mass is 410 g/mol. The number of rotatable bonds is 6. The lowest BCUT2D eigenvalue weighted by atomic mass is 9.92. The van der Waals surface area contributed by atoms with Crippen LogP contribution in [0, 0.1) is 11.3 Å². The highest BCUT2D eigenvalue weighted by Gasteiger charge is 2.19. The molecular formula is C22H19ClN2O2S. The van der Waals surface area contributed by atoms with Crippen LogP contribution in [-0.4, -0.2) is 8.42 Å². The lowest BCUT2D eigenvalue weighted by Gasteiger charge is -2.14. The molecule has 0 radical (unpaired) electrons. The van der Waals surface area contributed by atoms with Gasteiger partial charge >= 0.3 is 0 Å². The Bertz CT molecular complexity index is 1110. The average Bonchev–Trinajstić information content (AvgIpc) is 2.70. The maximum Gasteiger partial charge on any atom is 0.261 e. The van der Waals surface area contributed by atoms with Gasteiger partial charge in [0.2, 0.25) is 0 Å². The number of nitrogens with one attached hydrogen (secondary N) is 1. The molecule has 0 saturated carbocycles. The molecule has 0 bridgehead atoms. The molecule has 3 rings (SSSR count). The summed E-state index contributed by atoms with van der Waals surface area (Å²) < 4.78 is 27.7. The zero-order chi connectivity index (χ0) is 20.1. The number of hydrogen-bond donors (Lipinski definition) is 1. The molecule has 3 aromatic rings. The van der Waals surface area contributed by atoms with Crippen LogP contribution < -0.4 is 4.72 Å². The topological polar surface area (TPSA) is 70.0 Å².